The Hall–Kier alpha value is -1.26. The van der Waals surface area contributed by atoms with Crippen molar-refractivity contribution in [3.05, 3.63) is 23.8 Å². The molecule has 2 unspecified atom stereocenters. The molecule has 106 valence electrons. The van der Waals surface area contributed by atoms with Gasteiger partial charge in [0.05, 0.1) is 5.60 Å². The lowest BCUT2D eigenvalue weighted by molar-refractivity contribution is 0.0481. The summed E-state index contributed by atoms with van der Waals surface area (Å²) in [4.78, 5) is 2.21. The zero-order chi connectivity index (χ0) is 14.0. The van der Waals surface area contributed by atoms with E-state index in [4.69, 9.17) is 5.73 Å². The van der Waals surface area contributed by atoms with Crippen LogP contribution in [0.15, 0.2) is 18.2 Å². The molecule has 0 radical (unpaired) electrons. The second-order valence-corrected chi connectivity index (χ2v) is 5.87. The molecular formula is C15H24N2O2. The number of phenols is 1. The Bertz CT molecular complexity index is 444. The van der Waals surface area contributed by atoms with E-state index in [1.165, 1.54) is 0 Å². The van der Waals surface area contributed by atoms with Gasteiger partial charge in [-0.2, -0.15) is 0 Å². The van der Waals surface area contributed by atoms with Crippen LogP contribution >= 0.6 is 0 Å². The van der Waals surface area contributed by atoms with Crippen molar-refractivity contribution in [1.29, 1.82) is 0 Å². The Kier molecular flexibility index (Phi) is 4.02. The van der Waals surface area contributed by atoms with Crippen LogP contribution in [-0.4, -0.2) is 28.9 Å². The lowest BCUT2D eigenvalue weighted by atomic mass is 9.98. The van der Waals surface area contributed by atoms with Crippen molar-refractivity contribution in [1.82, 2.24) is 0 Å². The third-order valence-corrected chi connectivity index (χ3v) is 3.93. The summed E-state index contributed by atoms with van der Waals surface area (Å²) in [6.07, 6.45) is 2.54. The maximum Gasteiger partial charge on any atom is 0.122 e. The van der Waals surface area contributed by atoms with E-state index in [9.17, 15) is 10.2 Å². The maximum absolute atomic E-state index is 10.1. The summed E-state index contributed by atoms with van der Waals surface area (Å²) in [5.41, 5.74) is 7.00. The molecule has 0 aromatic heterocycles. The van der Waals surface area contributed by atoms with Crippen LogP contribution in [0.3, 0.4) is 0 Å². The van der Waals surface area contributed by atoms with Gasteiger partial charge in [-0.15, -0.1) is 0 Å². The SMILES string of the molecule is CC(N)c1ccc(N2CCCC(C)(O)CC2)cc1O. The van der Waals surface area contributed by atoms with E-state index >= 15 is 0 Å². The van der Waals surface area contributed by atoms with Crippen LogP contribution in [0, 0.1) is 0 Å². The quantitative estimate of drug-likeness (QED) is 0.765. The van der Waals surface area contributed by atoms with Crippen molar-refractivity contribution in [2.24, 2.45) is 5.73 Å². The number of anilines is 1. The fourth-order valence-electron chi connectivity index (χ4n) is 2.64. The number of benzene rings is 1. The molecule has 0 amide bonds. The van der Waals surface area contributed by atoms with Crippen LogP contribution in [0.5, 0.6) is 5.75 Å². The monoisotopic (exact) mass is 264 g/mol. The van der Waals surface area contributed by atoms with E-state index in [2.05, 4.69) is 4.90 Å². The Morgan fingerprint density at radius 3 is 2.68 bits per heavy atom. The molecule has 0 saturated carbocycles. The van der Waals surface area contributed by atoms with Crippen molar-refractivity contribution >= 4 is 5.69 Å². The van der Waals surface area contributed by atoms with E-state index in [-0.39, 0.29) is 11.8 Å². The topological polar surface area (TPSA) is 69.7 Å². The van der Waals surface area contributed by atoms with Crippen molar-refractivity contribution in [3.8, 4) is 5.75 Å². The molecule has 19 heavy (non-hydrogen) atoms. The summed E-state index contributed by atoms with van der Waals surface area (Å²) in [6, 6.07) is 5.49. The first-order chi connectivity index (χ1) is 8.89. The van der Waals surface area contributed by atoms with Crippen LogP contribution in [0.1, 0.15) is 44.7 Å². The molecule has 1 aromatic carbocycles. The molecule has 2 rings (SSSR count). The second-order valence-electron chi connectivity index (χ2n) is 5.87. The number of aliphatic hydroxyl groups is 1. The Morgan fingerprint density at radius 2 is 2.05 bits per heavy atom. The molecule has 0 spiro atoms. The molecule has 0 aliphatic carbocycles. The van der Waals surface area contributed by atoms with Crippen molar-refractivity contribution in [2.75, 3.05) is 18.0 Å². The number of phenolic OH excluding ortho intramolecular Hbond substituents is 1. The van der Waals surface area contributed by atoms with Gasteiger partial charge >= 0.3 is 0 Å². The molecule has 1 fully saturated rings. The largest absolute Gasteiger partial charge is 0.508 e. The molecule has 0 bridgehead atoms. The summed E-state index contributed by atoms with van der Waals surface area (Å²) in [5.74, 6) is 0.253. The summed E-state index contributed by atoms with van der Waals surface area (Å²) in [5, 5.41) is 20.1. The van der Waals surface area contributed by atoms with Crippen LogP contribution in [0.2, 0.25) is 0 Å². The lowest BCUT2D eigenvalue weighted by Crippen LogP contribution is -2.28. The number of nitrogens with two attached hydrogens (primary N) is 1. The van der Waals surface area contributed by atoms with E-state index in [0.29, 0.717) is 0 Å². The smallest absolute Gasteiger partial charge is 0.122 e. The highest BCUT2D eigenvalue weighted by Gasteiger charge is 2.25. The zero-order valence-electron chi connectivity index (χ0n) is 11.8. The number of aromatic hydroxyl groups is 1. The second kappa shape index (κ2) is 5.39. The first kappa shape index (κ1) is 14.2. The van der Waals surface area contributed by atoms with Gasteiger partial charge in [-0.05, 0) is 39.2 Å². The van der Waals surface area contributed by atoms with Gasteiger partial charge in [-0.3, -0.25) is 0 Å². The van der Waals surface area contributed by atoms with Gasteiger partial charge in [0.25, 0.3) is 0 Å². The lowest BCUT2D eigenvalue weighted by Gasteiger charge is -2.25. The summed E-state index contributed by atoms with van der Waals surface area (Å²) < 4.78 is 0. The highest BCUT2D eigenvalue weighted by atomic mass is 16.3. The first-order valence-electron chi connectivity index (χ1n) is 6.95. The normalized spacial score (nSPS) is 26.0. The van der Waals surface area contributed by atoms with Crippen LogP contribution < -0.4 is 10.6 Å². The number of nitrogens with zero attached hydrogens (tertiary/aromatic N) is 1. The van der Waals surface area contributed by atoms with E-state index < -0.39 is 5.60 Å². The molecule has 4 heteroatoms. The van der Waals surface area contributed by atoms with Crippen LogP contribution in [0.4, 0.5) is 5.69 Å². The third-order valence-electron chi connectivity index (χ3n) is 3.93. The standard InChI is InChI=1S/C15H24N2O2/c1-11(16)13-5-4-12(10-14(13)18)17-8-3-6-15(2,19)7-9-17/h4-5,10-11,18-19H,3,6-9,16H2,1-2H3. The molecule has 4 N–H and O–H groups in total. The molecule has 4 nitrogen and oxygen atoms in total. The molecule has 2 atom stereocenters. The average Bonchev–Trinajstić information content (AvgIpc) is 2.49. The highest BCUT2D eigenvalue weighted by molar-refractivity contribution is 5.54. The van der Waals surface area contributed by atoms with Gasteiger partial charge in [0, 0.05) is 36.4 Å². The zero-order valence-corrected chi connectivity index (χ0v) is 11.8. The highest BCUT2D eigenvalue weighted by Crippen LogP contribution is 2.30. The summed E-state index contributed by atoms with van der Waals surface area (Å²) in [7, 11) is 0. The predicted octanol–water partition coefficient (Wildman–Crippen LogP) is 2.15. The van der Waals surface area contributed by atoms with Gasteiger partial charge in [0.1, 0.15) is 5.75 Å². The number of hydrogen-bond donors (Lipinski definition) is 3. The Labute approximate surface area is 114 Å². The van der Waals surface area contributed by atoms with Crippen molar-refractivity contribution < 1.29 is 10.2 Å². The first-order valence-corrected chi connectivity index (χ1v) is 6.95. The van der Waals surface area contributed by atoms with E-state index in [1.807, 2.05) is 26.0 Å². The van der Waals surface area contributed by atoms with Crippen LogP contribution in [0.25, 0.3) is 0 Å². The van der Waals surface area contributed by atoms with Gasteiger partial charge in [0.2, 0.25) is 0 Å². The molecular weight excluding hydrogens is 240 g/mol. The minimum Gasteiger partial charge on any atom is -0.508 e. The number of rotatable bonds is 2. The third kappa shape index (κ3) is 3.39. The van der Waals surface area contributed by atoms with Crippen LogP contribution in [-0.2, 0) is 0 Å². The maximum atomic E-state index is 10.1. The molecule has 1 heterocycles. The fraction of sp³-hybridized carbons (Fsp3) is 0.600. The molecule has 1 aliphatic heterocycles. The van der Waals surface area contributed by atoms with Gasteiger partial charge in [0.15, 0.2) is 0 Å². The van der Waals surface area contributed by atoms with Gasteiger partial charge in [-0.1, -0.05) is 6.07 Å². The van der Waals surface area contributed by atoms with Gasteiger partial charge < -0.3 is 20.8 Å². The fourth-order valence-corrected chi connectivity index (χ4v) is 2.64. The molecule has 1 saturated heterocycles. The van der Waals surface area contributed by atoms with Crippen molar-refractivity contribution in [2.45, 2.75) is 44.8 Å². The van der Waals surface area contributed by atoms with E-state index in [0.717, 1.165) is 43.6 Å². The average molecular weight is 264 g/mol. The Morgan fingerprint density at radius 1 is 1.32 bits per heavy atom. The number of hydrogen-bond acceptors (Lipinski definition) is 4. The minimum absolute atomic E-state index is 0.168. The minimum atomic E-state index is -0.567. The summed E-state index contributed by atoms with van der Waals surface area (Å²) >= 11 is 0. The summed E-state index contributed by atoms with van der Waals surface area (Å²) in [6.45, 7) is 5.47. The predicted molar refractivity (Wildman–Crippen MR) is 77.4 cm³/mol. The molecule has 1 aliphatic rings. The van der Waals surface area contributed by atoms with E-state index in [1.54, 1.807) is 6.07 Å². The molecule has 1 aromatic rings. The van der Waals surface area contributed by atoms with Gasteiger partial charge in [-0.25, -0.2) is 0 Å². The Balaban J connectivity index is 2.16. The van der Waals surface area contributed by atoms with Crippen molar-refractivity contribution in [3.63, 3.8) is 0 Å².